The summed E-state index contributed by atoms with van der Waals surface area (Å²) in [5.74, 6) is 0.0780. The van der Waals surface area contributed by atoms with E-state index < -0.39 is 5.97 Å². The second-order valence-corrected chi connectivity index (χ2v) is 7.53. The molecule has 2 aromatic rings. The molecule has 0 bridgehead atoms. The number of hydrogen-bond acceptors (Lipinski definition) is 5. The van der Waals surface area contributed by atoms with Gasteiger partial charge in [-0.3, -0.25) is 9.78 Å². The highest BCUT2D eigenvalue weighted by Crippen LogP contribution is 2.50. The topological polar surface area (TPSA) is 47.6 Å². The lowest BCUT2D eigenvalue weighted by Gasteiger charge is -2.30. The number of benzene rings is 2. The molecule has 5 heteroatoms. The second-order valence-electron chi connectivity index (χ2n) is 6.44. The molecular weight excluding hydrogens is 310 g/mol. The molecule has 0 aliphatic carbocycles. The van der Waals surface area contributed by atoms with Gasteiger partial charge in [-0.15, -0.1) is 0 Å². The summed E-state index contributed by atoms with van der Waals surface area (Å²) in [6, 6.07) is 12.0. The molecule has 0 atom stereocenters. The fraction of sp³-hybridized carbons (Fsp3) is 0.278. The Balaban J connectivity index is 2.09. The van der Waals surface area contributed by atoms with E-state index in [0.717, 1.165) is 21.8 Å². The Hall–Kier alpha value is -2.14. The molecule has 0 saturated heterocycles. The molecule has 0 fully saturated rings. The van der Waals surface area contributed by atoms with Crippen molar-refractivity contribution in [2.75, 3.05) is 5.32 Å². The van der Waals surface area contributed by atoms with Gasteiger partial charge in [0.05, 0.1) is 11.4 Å². The molecule has 2 aromatic carbocycles. The van der Waals surface area contributed by atoms with Crippen molar-refractivity contribution < 1.29 is 14.6 Å². The van der Waals surface area contributed by atoms with Crippen LogP contribution in [-0.4, -0.2) is 5.97 Å². The first-order chi connectivity index (χ1) is 10.9. The molecule has 0 saturated carbocycles. The largest absolute Gasteiger partial charge is 0.353 e. The van der Waals surface area contributed by atoms with Crippen molar-refractivity contribution in [1.82, 2.24) is 0 Å². The number of anilines is 2. The first-order valence-corrected chi connectivity index (χ1v) is 8.24. The van der Waals surface area contributed by atoms with E-state index in [1.165, 1.54) is 11.8 Å². The fourth-order valence-corrected chi connectivity index (χ4v) is 3.61. The van der Waals surface area contributed by atoms with Crippen molar-refractivity contribution in [3.05, 3.63) is 42.0 Å². The Kier molecular flexibility index (Phi) is 3.98. The normalized spacial score (nSPS) is 12.7. The summed E-state index contributed by atoms with van der Waals surface area (Å²) < 4.78 is 0. The van der Waals surface area contributed by atoms with Gasteiger partial charge in [0, 0.05) is 22.3 Å². The molecule has 0 aromatic heterocycles. The minimum atomic E-state index is -0.477. The summed E-state index contributed by atoms with van der Waals surface area (Å²) in [7, 11) is 0. The summed E-state index contributed by atoms with van der Waals surface area (Å²) in [6.07, 6.45) is 0. The van der Waals surface area contributed by atoms with Crippen molar-refractivity contribution in [1.29, 1.82) is 0 Å². The summed E-state index contributed by atoms with van der Waals surface area (Å²) in [6.45, 7) is 7.64. The third-order valence-electron chi connectivity index (χ3n) is 3.49. The van der Waals surface area contributed by atoms with E-state index in [1.54, 1.807) is 11.8 Å². The lowest BCUT2D eigenvalue weighted by Crippen LogP contribution is -2.18. The standard InChI is InChI=1S/C18H19NO3S/c1-11(20)21-22-13-9-10-15-17(16(13)18(2,3)4)19-12-7-5-6-8-14(12)23-15/h5-10,19H,1-4H3. The van der Waals surface area contributed by atoms with Crippen molar-refractivity contribution in [3.63, 3.8) is 0 Å². The van der Waals surface area contributed by atoms with Crippen molar-refractivity contribution >= 4 is 29.1 Å². The Morgan fingerprint density at radius 2 is 1.83 bits per heavy atom. The van der Waals surface area contributed by atoms with Crippen LogP contribution in [-0.2, 0) is 15.1 Å². The summed E-state index contributed by atoms with van der Waals surface area (Å²) in [5, 5.41) is 3.50. The average molecular weight is 329 g/mol. The molecule has 23 heavy (non-hydrogen) atoms. The maximum atomic E-state index is 11.1. The van der Waals surface area contributed by atoms with Crippen LogP contribution in [0.5, 0.6) is 5.75 Å². The van der Waals surface area contributed by atoms with E-state index in [9.17, 15) is 4.79 Å². The molecule has 0 spiro atoms. The third-order valence-corrected chi connectivity index (χ3v) is 4.63. The molecule has 1 aliphatic heterocycles. The number of hydrogen-bond donors (Lipinski definition) is 1. The van der Waals surface area contributed by atoms with Gasteiger partial charge in [-0.05, 0) is 29.7 Å². The van der Waals surface area contributed by atoms with Gasteiger partial charge in [0.2, 0.25) is 0 Å². The van der Waals surface area contributed by atoms with Crippen LogP contribution in [0.15, 0.2) is 46.2 Å². The average Bonchev–Trinajstić information content (AvgIpc) is 2.49. The zero-order chi connectivity index (χ0) is 16.6. The Morgan fingerprint density at radius 3 is 2.52 bits per heavy atom. The van der Waals surface area contributed by atoms with E-state index in [-0.39, 0.29) is 5.41 Å². The Labute approximate surface area is 140 Å². The van der Waals surface area contributed by atoms with Crippen LogP contribution < -0.4 is 10.2 Å². The minimum Gasteiger partial charge on any atom is -0.353 e. The lowest BCUT2D eigenvalue weighted by atomic mass is 9.85. The maximum absolute atomic E-state index is 11.1. The van der Waals surface area contributed by atoms with E-state index in [0.29, 0.717) is 5.75 Å². The van der Waals surface area contributed by atoms with Gasteiger partial charge in [-0.1, -0.05) is 44.7 Å². The van der Waals surface area contributed by atoms with E-state index >= 15 is 0 Å². The van der Waals surface area contributed by atoms with Crippen LogP contribution >= 0.6 is 11.8 Å². The van der Waals surface area contributed by atoms with Crippen LogP contribution in [0.1, 0.15) is 33.3 Å². The van der Waals surface area contributed by atoms with Gasteiger partial charge >= 0.3 is 5.97 Å². The number of para-hydroxylation sites is 1. The molecule has 120 valence electrons. The minimum absolute atomic E-state index is 0.180. The van der Waals surface area contributed by atoms with E-state index in [4.69, 9.17) is 9.78 Å². The molecule has 3 rings (SSSR count). The molecule has 0 radical (unpaired) electrons. The fourth-order valence-electron chi connectivity index (χ4n) is 2.60. The number of nitrogens with one attached hydrogen (secondary N) is 1. The highest BCUT2D eigenvalue weighted by molar-refractivity contribution is 7.99. The SMILES string of the molecule is CC(=O)OOc1ccc2c(c1C(C)(C)C)Nc1ccccc1S2. The lowest BCUT2D eigenvalue weighted by molar-refractivity contribution is -0.211. The van der Waals surface area contributed by atoms with Crippen LogP contribution in [0, 0.1) is 0 Å². The smallest absolute Gasteiger partial charge is 0.352 e. The van der Waals surface area contributed by atoms with Crippen molar-refractivity contribution in [2.24, 2.45) is 0 Å². The van der Waals surface area contributed by atoms with Crippen LogP contribution in [0.3, 0.4) is 0 Å². The van der Waals surface area contributed by atoms with Gasteiger partial charge in [0.25, 0.3) is 0 Å². The first kappa shape index (κ1) is 15.7. The maximum Gasteiger partial charge on any atom is 0.352 e. The molecule has 0 amide bonds. The van der Waals surface area contributed by atoms with Crippen LogP contribution in [0.4, 0.5) is 11.4 Å². The Morgan fingerprint density at radius 1 is 1.09 bits per heavy atom. The zero-order valence-electron chi connectivity index (χ0n) is 13.6. The van der Waals surface area contributed by atoms with Gasteiger partial charge in [-0.25, -0.2) is 4.79 Å². The number of carbonyl (C=O) groups is 1. The van der Waals surface area contributed by atoms with E-state index in [2.05, 4.69) is 38.2 Å². The zero-order valence-corrected chi connectivity index (χ0v) is 14.4. The highest BCUT2D eigenvalue weighted by atomic mass is 32.2. The molecule has 0 unspecified atom stereocenters. The second kappa shape index (κ2) is 5.81. The van der Waals surface area contributed by atoms with E-state index in [1.807, 2.05) is 24.3 Å². The quantitative estimate of drug-likeness (QED) is 0.526. The summed E-state index contributed by atoms with van der Waals surface area (Å²) >= 11 is 1.72. The molecular formula is C18H19NO3S. The molecule has 1 aliphatic rings. The van der Waals surface area contributed by atoms with Crippen molar-refractivity contribution in [3.8, 4) is 5.75 Å². The van der Waals surface area contributed by atoms with Gasteiger partial charge in [0.15, 0.2) is 5.75 Å². The monoisotopic (exact) mass is 329 g/mol. The first-order valence-electron chi connectivity index (χ1n) is 7.43. The third kappa shape index (κ3) is 3.15. The van der Waals surface area contributed by atoms with Gasteiger partial charge < -0.3 is 5.32 Å². The highest BCUT2D eigenvalue weighted by Gasteiger charge is 2.29. The van der Waals surface area contributed by atoms with Gasteiger partial charge in [0.1, 0.15) is 0 Å². The number of fused-ring (bicyclic) bond motifs is 2. The molecule has 4 nitrogen and oxygen atoms in total. The predicted molar refractivity (Wildman–Crippen MR) is 91.4 cm³/mol. The Bertz CT molecular complexity index is 765. The molecule has 1 N–H and O–H groups in total. The van der Waals surface area contributed by atoms with Gasteiger partial charge in [-0.2, -0.15) is 0 Å². The van der Waals surface area contributed by atoms with Crippen LogP contribution in [0.25, 0.3) is 0 Å². The van der Waals surface area contributed by atoms with Crippen LogP contribution in [0.2, 0.25) is 0 Å². The number of carbonyl (C=O) groups excluding carboxylic acids is 1. The predicted octanol–water partition coefficient (Wildman–Crippen LogP) is 5.05. The molecule has 1 heterocycles. The summed E-state index contributed by atoms with van der Waals surface area (Å²) in [5.41, 5.74) is 2.88. The number of rotatable bonds is 2. The summed E-state index contributed by atoms with van der Waals surface area (Å²) in [4.78, 5) is 23.4. The van der Waals surface area contributed by atoms with Crippen molar-refractivity contribution in [2.45, 2.75) is 42.9 Å².